The molecule has 1 rings (SSSR count). The summed E-state index contributed by atoms with van der Waals surface area (Å²) in [5.41, 5.74) is 0. The van der Waals surface area contributed by atoms with Crippen LogP contribution in [0.2, 0.25) is 0 Å². The monoisotopic (exact) mass is 236 g/mol. The van der Waals surface area contributed by atoms with Gasteiger partial charge in [-0.05, 0) is 24.5 Å². The van der Waals surface area contributed by atoms with Gasteiger partial charge in [-0.1, -0.05) is 0 Å². The highest BCUT2D eigenvalue weighted by Crippen LogP contribution is 2.27. The van der Waals surface area contributed by atoms with Gasteiger partial charge >= 0.3 is 6.18 Å². The van der Waals surface area contributed by atoms with Crippen molar-refractivity contribution in [3.05, 3.63) is 29.1 Å². The largest absolute Gasteiger partial charge is 0.465 e. The van der Waals surface area contributed by atoms with Gasteiger partial charge in [-0.2, -0.15) is 13.2 Å². The summed E-state index contributed by atoms with van der Waals surface area (Å²) >= 11 is 0.735. The molecule has 0 saturated carbocycles. The van der Waals surface area contributed by atoms with E-state index in [4.69, 9.17) is 4.42 Å². The maximum atomic E-state index is 12.1. The first-order chi connectivity index (χ1) is 6.95. The van der Waals surface area contributed by atoms with Crippen molar-refractivity contribution in [1.82, 2.24) is 0 Å². The number of ketones is 1. The fraction of sp³-hybridized carbons (Fsp3) is 0.222. The molecule has 15 heavy (non-hydrogen) atoms. The zero-order chi connectivity index (χ0) is 11.5. The SMILES string of the molecule is CS/C(=C\c1ccco1)C(=O)C(F)(F)F. The molecule has 0 fully saturated rings. The van der Waals surface area contributed by atoms with Crippen LogP contribution in [0, 0.1) is 0 Å². The Labute approximate surface area is 88.1 Å². The zero-order valence-corrected chi connectivity index (χ0v) is 8.48. The molecule has 0 bridgehead atoms. The zero-order valence-electron chi connectivity index (χ0n) is 7.67. The van der Waals surface area contributed by atoms with Crippen molar-refractivity contribution in [1.29, 1.82) is 0 Å². The number of allylic oxidation sites excluding steroid dienone is 1. The summed E-state index contributed by atoms with van der Waals surface area (Å²) < 4.78 is 41.1. The molecule has 1 aromatic heterocycles. The van der Waals surface area contributed by atoms with Crippen LogP contribution in [0.1, 0.15) is 5.76 Å². The van der Waals surface area contributed by atoms with Gasteiger partial charge in [-0.3, -0.25) is 4.79 Å². The number of hydrogen-bond donors (Lipinski definition) is 0. The Morgan fingerprint density at radius 1 is 1.53 bits per heavy atom. The van der Waals surface area contributed by atoms with Crippen LogP contribution in [-0.2, 0) is 4.79 Å². The number of furan rings is 1. The van der Waals surface area contributed by atoms with Crippen molar-refractivity contribution in [2.75, 3.05) is 6.26 Å². The van der Waals surface area contributed by atoms with Gasteiger partial charge in [0.2, 0.25) is 0 Å². The molecule has 0 unspecified atom stereocenters. The lowest BCUT2D eigenvalue weighted by molar-refractivity contribution is -0.165. The number of thioether (sulfide) groups is 1. The Hall–Kier alpha value is -1.17. The Bertz CT molecular complexity index is 365. The highest BCUT2D eigenvalue weighted by atomic mass is 32.2. The Morgan fingerprint density at radius 2 is 2.20 bits per heavy atom. The number of alkyl halides is 3. The summed E-state index contributed by atoms with van der Waals surface area (Å²) in [5, 5.41) is 0. The molecule has 0 atom stereocenters. The average Bonchev–Trinajstić information content (AvgIpc) is 2.64. The topological polar surface area (TPSA) is 30.2 Å². The van der Waals surface area contributed by atoms with E-state index in [1.54, 1.807) is 0 Å². The summed E-state index contributed by atoms with van der Waals surface area (Å²) in [5.74, 6) is -1.64. The predicted octanol–water partition coefficient (Wildman–Crippen LogP) is 3.11. The van der Waals surface area contributed by atoms with Gasteiger partial charge in [-0.25, -0.2) is 0 Å². The number of Topliss-reactive ketones (excluding diaryl/α,β-unsaturated/α-hetero) is 1. The van der Waals surface area contributed by atoms with Gasteiger partial charge in [0.1, 0.15) is 5.76 Å². The van der Waals surface area contributed by atoms with Gasteiger partial charge in [-0.15, -0.1) is 11.8 Å². The molecule has 0 radical (unpaired) electrons. The van der Waals surface area contributed by atoms with E-state index in [1.165, 1.54) is 24.7 Å². The van der Waals surface area contributed by atoms with E-state index in [1.807, 2.05) is 0 Å². The molecular weight excluding hydrogens is 229 g/mol. The lowest BCUT2D eigenvalue weighted by Gasteiger charge is -2.05. The minimum Gasteiger partial charge on any atom is -0.465 e. The van der Waals surface area contributed by atoms with Crippen molar-refractivity contribution in [3.8, 4) is 0 Å². The van der Waals surface area contributed by atoms with E-state index in [9.17, 15) is 18.0 Å². The lowest BCUT2D eigenvalue weighted by atomic mass is 10.3. The van der Waals surface area contributed by atoms with Crippen LogP contribution in [-0.4, -0.2) is 18.2 Å². The molecule has 0 N–H and O–H groups in total. The Morgan fingerprint density at radius 3 is 2.60 bits per heavy atom. The number of rotatable bonds is 3. The summed E-state index contributed by atoms with van der Waals surface area (Å²) in [6.45, 7) is 0. The molecule has 0 saturated heterocycles. The average molecular weight is 236 g/mol. The normalized spacial score (nSPS) is 12.9. The van der Waals surface area contributed by atoms with E-state index < -0.39 is 16.9 Å². The minimum atomic E-state index is -4.85. The van der Waals surface area contributed by atoms with E-state index in [2.05, 4.69) is 0 Å². The van der Waals surface area contributed by atoms with Crippen molar-refractivity contribution in [2.24, 2.45) is 0 Å². The first-order valence-corrected chi connectivity index (χ1v) is 5.08. The number of halogens is 3. The summed E-state index contributed by atoms with van der Waals surface area (Å²) in [7, 11) is 0. The molecule has 82 valence electrons. The second-order valence-electron chi connectivity index (χ2n) is 2.56. The van der Waals surface area contributed by atoms with Crippen molar-refractivity contribution < 1.29 is 22.4 Å². The quantitative estimate of drug-likeness (QED) is 0.755. The van der Waals surface area contributed by atoms with Crippen LogP contribution in [0.5, 0.6) is 0 Å². The molecule has 0 amide bonds. The number of carbonyl (C=O) groups excluding carboxylic acids is 1. The molecule has 1 heterocycles. The van der Waals surface area contributed by atoms with Crippen LogP contribution < -0.4 is 0 Å². The molecule has 0 aromatic carbocycles. The smallest absolute Gasteiger partial charge is 0.455 e. The van der Waals surface area contributed by atoms with E-state index in [0.29, 0.717) is 0 Å². The van der Waals surface area contributed by atoms with Gasteiger partial charge in [0.25, 0.3) is 5.78 Å². The standard InChI is InChI=1S/C9H7F3O2S/c1-15-7(8(13)9(10,11)12)5-6-3-2-4-14-6/h2-5H,1H3/b7-5-. The van der Waals surface area contributed by atoms with E-state index >= 15 is 0 Å². The minimum absolute atomic E-state index is 0.219. The van der Waals surface area contributed by atoms with Crippen LogP contribution in [0.3, 0.4) is 0 Å². The Balaban J connectivity index is 2.95. The summed E-state index contributed by atoms with van der Waals surface area (Å²) in [6.07, 6.45) is -1.05. The third-order valence-corrected chi connectivity index (χ3v) is 2.26. The molecule has 1 aromatic rings. The highest BCUT2D eigenvalue weighted by Gasteiger charge is 2.40. The lowest BCUT2D eigenvalue weighted by Crippen LogP contribution is -2.23. The summed E-state index contributed by atoms with van der Waals surface area (Å²) in [6, 6.07) is 3.00. The highest BCUT2D eigenvalue weighted by molar-refractivity contribution is 8.03. The number of carbonyl (C=O) groups is 1. The molecule has 0 aliphatic heterocycles. The molecule has 0 aliphatic carbocycles. The second kappa shape index (κ2) is 4.57. The Kier molecular flexibility index (Phi) is 3.62. The number of hydrogen-bond acceptors (Lipinski definition) is 3. The summed E-state index contributed by atoms with van der Waals surface area (Å²) in [4.78, 5) is 10.5. The first kappa shape index (κ1) is 11.9. The van der Waals surface area contributed by atoms with Crippen LogP contribution >= 0.6 is 11.8 Å². The molecule has 6 heteroatoms. The fourth-order valence-corrected chi connectivity index (χ4v) is 1.39. The first-order valence-electron chi connectivity index (χ1n) is 3.86. The van der Waals surface area contributed by atoms with Crippen LogP contribution in [0.15, 0.2) is 27.7 Å². The fourth-order valence-electron chi connectivity index (χ4n) is 0.859. The van der Waals surface area contributed by atoms with E-state index in [0.717, 1.165) is 17.8 Å². The maximum absolute atomic E-state index is 12.1. The maximum Gasteiger partial charge on any atom is 0.455 e. The molecule has 0 aliphatic rings. The molecule has 0 spiro atoms. The van der Waals surface area contributed by atoms with Gasteiger partial charge < -0.3 is 4.42 Å². The van der Waals surface area contributed by atoms with Gasteiger partial charge in [0, 0.05) is 0 Å². The third-order valence-electron chi connectivity index (χ3n) is 1.52. The third kappa shape index (κ3) is 3.16. The molecular formula is C9H7F3O2S. The molecule has 2 nitrogen and oxygen atoms in total. The second-order valence-corrected chi connectivity index (χ2v) is 3.40. The van der Waals surface area contributed by atoms with Gasteiger partial charge in [0.05, 0.1) is 11.2 Å². The van der Waals surface area contributed by atoms with E-state index in [-0.39, 0.29) is 5.76 Å². The van der Waals surface area contributed by atoms with Crippen LogP contribution in [0.25, 0.3) is 6.08 Å². The van der Waals surface area contributed by atoms with Crippen molar-refractivity contribution >= 4 is 23.6 Å². The van der Waals surface area contributed by atoms with Crippen LogP contribution in [0.4, 0.5) is 13.2 Å². The predicted molar refractivity (Wildman–Crippen MR) is 51.3 cm³/mol. The van der Waals surface area contributed by atoms with Crippen molar-refractivity contribution in [2.45, 2.75) is 6.18 Å². The van der Waals surface area contributed by atoms with Gasteiger partial charge in [0.15, 0.2) is 0 Å². The van der Waals surface area contributed by atoms with Crippen molar-refractivity contribution in [3.63, 3.8) is 0 Å².